The standard InChI is InChI=1S/C19H18ClN5O/c20-15-5-2-1-4-13(15)12-25-18-7-3-6-16(14(18)10-23-25)24-19(26)17-11-21-8-9-22-17/h1-2,4-5,8-11,16H,3,6-7,12H2,(H,24,26)/t16-/m1/s1. The molecule has 0 bridgehead atoms. The first-order valence-corrected chi connectivity index (χ1v) is 8.95. The Labute approximate surface area is 156 Å². The molecule has 7 heteroatoms. The molecule has 2 aromatic heterocycles. The lowest BCUT2D eigenvalue weighted by Crippen LogP contribution is -2.31. The Morgan fingerprint density at radius 3 is 2.96 bits per heavy atom. The topological polar surface area (TPSA) is 72.7 Å². The first-order valence-electron chi connectivity index (χ1n) is 8.57. The van der Waals surface area contributed by atoms with Crippen molar-refractivity contribution in [2.45, 2.75) is 31.8 Å². The minimum atomic E-state index is -0.213. The van der Waals surface area contributed by atoms with Crippen LogP contribution in [0.2, 0.25) is 5.02 Å². The zero-order valence-corrected chi connectivity index (χ0v) is 14.9. The quantitative estimate of drug-likeness (QED) is 0.768. The second-order valence-corrected chi connectivity index (χ2v) is 6.71. The summed E-state index contributed by atoms with van der Waals surface area (Å²) in [5.74, 6) is -0.213. The number of fused-ring (bicyclic) bond motifs is 1. The number of hydrogen-bond donors (Lipinski definition) is 1. The lowest BCUT2D eigenvalue weighted by atomic mass is 9.92. The maximum Gasteiger partial charge on any atom is 0.271 e. The highest BCUT2D eigenvalue weighted by atomic mass is 35.5. The van der Waals surface area contributed by atoms with E-state index in [1.165, 1.54) is 12.4 Å². The van der Waals surface area contributed by atoms with Crippen molar-refractivity contribution in [2.24, 2.45) is 0 Å². The lowest BCUT2D eigenvalue weighted by molar-refractivity contribution is 0.0927. The first kappa shape index (κ1) is 16.7. The van der Waals surface area contributed by atoms with Gasteiger partial charge in [-0.15, -0.1) is 0 Å². The molecular weight excluding hydrogens is 350 g/mol. The van der Waals surface area contributed by atoms with E-state index in [0.717, 1.165) is 41.1 Å². The first-order chi connectivity index (χ1) is 12.7. The Bertz CT molecular complexity index is 925. The highest BCUT2D eigenvalue weighted by Gasteiger charge is 2.26. The number of nitrogens with zero attached hydrogens (tertiary/aromatic N) is 4. The van der Waals surface area contributed by atoms with E-state index in [1.54, 1.807) is 6.20 Å². The van der Waals surface area contributed by atoms with Crippen LogP contribution in [0, 0.1) is 0 Å². The lowest BCUT2D eigenvalue weighted by Gasteiger charge is -2.24. The van der Waals surface area contributed by atoms with Crippen LogP contribution >= 0.6 is 11.6 Å². The SMILES string of the molecule is O=C(N[C@@H]1CCCc2c1cnn2Cc1ccccc1Cl)c1cnccn1. The van der Waals surface area contributed by atoms with E-state index in [-0.39, 0.29) is 11.9 Å². The molecule has 3 aromatic rings. The number of aromatic nitrogens is 4. The fourth-order valence-corrected chi connectivity index (χ4v) is 3.54. The van der Waals surface area contributed by atoms with Gasteiger partial charge in [0.25, 0.3) is 5.91 Å². The summed E-state index contributed by atoms with van der Waals surface area (Å²) >= 11 is 6.28. The van der Waals surface area contributed by atoms with Crippen molar-refractivity contribution in [3.8, 4) is 0 Å². The maximum atomic E-state index is 12.4. The smallest absolute Gasteiger partial charge is 0.271 e. The normalized spacial score (nSPS) is 16.1. The van der Waals surface area contributed by atoms with Crippen LogP contribution in [0.4, 0.5) is 0 Å². The van der Waals surface area contributed by atoms with Crippen LogP contribution in [0.15, 0.2) is 49.1 Å². The predicted molar refractivity (Wildman–Crippen MR) is 98.0 cm³/mol. The summed E-state index contributed by atoms with van der Waals surface area (Å²) in [6.45, 7) is 0.625. The molecule has 1 aliphatic carbocycles. The van der Waals surface area contributed by atoms with Crippen LogP contribution in [0.1, 0.15) is 46.2 Å². The van der Waals surface area contributed by atoms with Crippen molar-refractivity contribution in [3.05, 3.63) is 76.6 Å². The van der Waals surface area contributed by atoms with Crippen LogP contribution in [-0.4, -0.2) is 25.7 Å². The monoisotopic (exact) mass is 367 g/mol. The molecular formula is C19H18ClN5O. The minimum absolute atomic E-state index is 0.0618. The van der Waals surface area contributed by atoms with Gasteiger partial charge in [0.2, 0.25) is 0 Å². The molecule has 0 fully saturated rings. The number of amides is 1. The fraction of sp³-hybridized carbons (Fsp3) is 0.263. The van der Waals surface area contributed by atoms with Gasteiger partial charge in [-0.05, 0) is 30.9 Å². The molecule has 0 saturated heterocycles. The maximum absolute atomic E-state index is 12.4. The Morgan fingerprint density at radius 2 is 2.15 bits per heavy atom. The number of halogens is 1. The van der Waals surface area contributed by atoms with Crippen molar-refractivity contribution in [1.82, 2.24) is 25.1 Å². The third-order valence-corrected chi connectivity index (χ3v) is 5.01. The van der Waals surface area contributed by atoms with Crippen molar-refractivity contribution < 1.29 is 4.79 Å². The molecule has 1 aromatic carbocycles. The van der Waals surface area contributed by atoms with E-state index in [4.69, 9.17) is 11.6 Å². The molecule has 6 nitrogen and oxygen atoms in total. The van der Waals surface area contributed by atoms with Crippen LogP contribution in [0.25, 0.3) is 0 Å². The van der Waals surface area contributed by atoms with E-state index in [9.17, 15) is 4.79 Å². The van der Waals surface area contributed by atoms with E-state index < -0.39 is 0 Å². The van der Waals surface area contributed by atoms with Gasteiger partial charge in [0.05, 0.1) is 25.0 Å². The van der Waals surface area contributed by atoms with E-state index in [1.807, 2.05) is 35.1 Å². The van der Waals surface area contributed by atoms with E-state index >= 15 is 0 Å². The molecule has 0 unspecified atom stereocenters. The highest BCUT2D eigenvalue weighted by molar-refractivity contribution is 6.31. The molecule has 0 aliphatic heterocycles. The van der Waals surface area contributed by atoms with Gasteiger partial charge in [-0.1, -0.05) is 29.8 Å². The summed E-state index contributed by atoms with van der Waals surface area (Å²) in [5, 5.41) is 8.34. The van der Waals surface area contributed by atoms with Crippen LogP contribution in [0.5, 0.6) is 0 Å². The van der Waals surface area contributed by atoms with Gasteiger partial charge in [0.15, 0.2) is 0 Å². The number of carbonyl (C=O) groups is 1. The van der Waals surface area contributed by atoms with Gasteiger partial charge >= 0.3 is 0 Å². The van der Waals surface area contributed by atoms with Gasteiger partial charge in [0, 0.05) is 28.7 Å². The Kier molecular flexibility index (Phi) is 4.67. The van der Waals surface area contributed by atoms with Crippen molar-refractivity contribution in [1.29, 1.82) is 0 Å². The molecule has 1 N–H and O–H groups in total. The third kappa shape index (κ3) is 3.32. The van der Waals surface area contributed by atoms with E-state index in [2.05, 4.69) is 20.4 Å². The van der Waals surface area contributed by atoms with Crippen LogP contribution in [-0.2, 0) is 13.0 Å². The molecule has 0 saturated carbocycles. The van der Waals surface area contributed by atoms with Gasteiger partial charge in [-0.25, -0.2) is 4.98 Å². The molecule has 1 atom stereocenters. The highest BCUT2D eigenvalue weighted by Crippen LogP contribution is 2.30. The number of benzene rings is 1. The number of carbonyl (C=O) groups excluding carboxylic acids is 1. The Balaban J connectivity index is 1.55. The second kappa shape index (κ2) is 7.25. The summed E-state index contributed by atoms with van der Waals surface area (Å²) in [6.07, 6.45) is 9.21. The predicted octanol–water partition coefficient (Wildman–Crippen LogP) is 3.18. The average molecular weight is 368 g/mol. The van der Waals surface area contributed by atoms with Gasteiger partial charge in [-0.3, -0.25) is 14.5 Å². The number of nitrogens with one attached hydrogen (secondary N) is 1. The van der Waals surface area contributed by atoms with Crippen molar-refractivity contribution in [2.75, 3.05) is 0 Å². The van der Waals surface area contributed by atoms with E-state index in [0.29, 0.717) is 12.2 Å². The third-order valence-electron chi connectivity index (χ3n) is 4.64. The molecule has 0 radical (unpaired) electrons. The van der Waals surface area contributed by atoms with Crippen LogP contribution < -0.4 is 5.32 Å². The molecule has 0 spiro atoms. The molecule has 132 valence electrons. The molecule has 1 amide bonds. The molecule has 2 heterocycles. The van der Waals surface area contributed by atoms with Gasteiger partial charge in [0.1, 0.15) is 5.69 Å². The zero-order valence-electron chi connectivity index (χ0n) is 14.1. The molecule has 4 rings (SSSR count). The summed E-state index contributed by atoms with van der Waals surface area (Å²) in [6, 6.07) is 7.72. The second-order valence-electron chi connectivity index (χ2n) is 6.30. The molecule has 1 aliphatic rings. The minimum Gasteiger partial charge on any atom is -0.344 e. The average Bonchev–Trinajstić information content (AvgIpc) is 3.08. The largest absolute Gasteiger partial charge is 0.344 e. The van der Waals surface area contributed by atoms with Gasteiger partial charge < -0.3 is 5.32 Å². The number of rotatable bonds is 4. The van der Waals surface area contributed by atoms with Crippen molar-refractivity contribution >= 4 is 17.5 Å². The Hall–Kier alpha value is -2.73. The summed E-state index contributed by atoms with van der Waals surface area (Å²) in [4.78, 5) is 20.4. The Morgan fingerprint density at radius 1 is 1.27 bits per heavy atom. The zero-order chi connectivity index (χ0) is 17.9. The number of hydrogen-bond acceptors (Lipinski definition) is 4. The fourth-order valence-electron chi connectivity index (χ4n) is 3.34. The summed E-state index contributed by atoms with van der Waals surface area (Å²) in [7, 11) is 0. The van der Waals surface area contributed by atoms with Crippen molar-refractivity contribution in [3.63, 3.8) is 0 Å². The summed E-state index contributed by atoms with van der Waals surface area (Å²) < 4.78 is 1.98. The summed E-state index contributed by atoms with van der Waals surface area (Å²) in [5.41, 5.74) is 3.58. The molecule has 26 heavy (non-hydrogen) atoms. The van der Waals surface area contributed by atoms with Gasteiger partial charge in [-0.2, -0.15) is 5.10 Å². The van der Waals surface area contributed by atoms with Crippen LogP contribution in [0.3, 0.4) is 0 Å².